The Morgan fingerprint density at radius 1 is 0.700 bits per heavy atom. The Labute approximate surface area is 119 Å². The molecule has 0 heterocycles. The van der Waals surface area contributed by atoms with E-state index >= 15 is 0 Å². The van der Waals surface area contributed by atoms with Crippen LogP contribution < -0.4 is 0 Å². The molecule has 2 aromatic rings. The molecular formula is C18H20O2. The van der Waals surface area contributed by atoms with Crippen molar-refractivity contribution in [2.24, 2.45) is 5.41 Å². The normalized spacial score (nSPS) is 31.1. The summed E-state index contributed by atoms with van der Waals surface area (Å²) in [6.07, 6.45) is 0. The Kier molecular flexibility index (Phi) is 2.63. The molecule has 0 aromatic heterocycles. The molecule has 0 spiro atoms. The van der Waals surface area contributed by atoms with E-state index in [2.05, 4.69) is 0 Å². The summed E-state index contributed by atoms with van der Waals surface area (Å²) in [6.45, 7) is 5.62. The van der Waals surface area contributed by atoms with Crippen LogP contribution in [-0.4, -0.2) is 10.2 Å². The topological polar surface area (TPSA) is 40.5 Å². The van der Waals surface area contributed by atoms with Gasteiger partial charge in [-0.3, -0.25) is 0 Å². The van der Waals surface area contributed by atoms with Crippen molar-refractivity contribution in [1.82, 2.24) is 0 Å². The van der Waals surface area contributed by atoms with Gasteiger partial charge in [-0.05, 0) is 23.6 Å². The third kappa shape index (κ3) is 1.36. The number of aliphatic hydroxyl groups is 2. The second-order valence-corrected chi connectivity index (χ2v) is 6.32. The molecule has 1 aliphatic rings. The Balaban J connectivity index is 2.36. The van der Waals surface area contributed by atoms with Crippen molar-refractivity contribution in [2.75, 3.05) is 0 Å². The molecule has 0 saturated heterocycles. The van der Waals surface area contributed by atoms with Gasteiger partial charge in [0.15, 0.2) is 0 Å². The largest absolute Gasteiger partial charge is 0.385 e. The third-order valence-corrected chi connectivity index (χ3v) is 5.15. The zero-order valence-corrected chi connectivity index (χ0v) is 12.1. The van der Waals surface area contributed by atoms with E-state index in [4.69, 9.17) is 0 Å². The number of hydrogen-bond acceptors (Lipinski definition) is 2. The van der Waals surface area contributed by atoms with Gasteiger partial charge in [-0.1, -0.05) is 68.4 Å². The maximum absolute atomic E-state index is 11.5. The molecule has 0 radical (unpaired) electrons. The summed E-state index contributed by atoms with van der Waals surface area (Å²) in [4.78, 5) is 0. The van der Waals surface area contributed by atoms with Gasteiger partial charge in [-0.2, -0.15) is 0 Å². The Bertz CT molecular complexity index is 643. The minimum absolute atomic E-state index is 0.731. The molecule has 2 nitrogen and oxygen atoms in total. The monoisotopic (exact) mass is 268 g/mol. The van der Waals surface area contributed by atoms with Crippen molar-refractivity contribution < 1.29 is 10.2 Å². The quantitative estimate of drug-likeness (QED) is 0.834. The molecule has 104 valence electrons. The highest BCUT2D eigenvalue weighted by atomic mass is 16.3. The van der Waals surface area contributed by atoms with Crippen LogP contribution in [0.1, 0.15) is 37.5 Å². The first-order chi connectivity index (χ1) is 9.33. The fourth-order valence-corrected chi connectivity index (χ4v) is 3.44. The van der Waals surface area contributed by atoms with E-state index in [9.17, 15) is 10.2 Å². The number of fused-ring (bicyclic) bond motifs is 1. The van der Waals surface area contributed by atoms with Crippen LogP contribution in [0, 0.1) is 5.41 Å². The van der Waals surface area contributed by atoms with E-state index < -0.39 is 16.6 Å². The van der Waals surface area contributed by atoms with Gasteiger partial charge in [0.25, 0.3) is 0 Å². The summed E-state index contributed by atoms with van der Waals surface area (Å²) in [5, 5.41) is 22.5. The lowest BCUT2D eigenvalue weighted by molar-refractivity contribution is -0.139. The van der Waals surface area contributed by atoms with Gasteiger partial charge in [-0.15, -0.1) is 0 Å². The van der Waals surface area contributed by atoms with Crippen molar-refractivity contribution in [3.63, 3.8) is 0 Å². The zero-order valence-electron chi connectivity index (χ0n) is 12.1. The van der Waals surface area contributed by atoms with Gasteiger partial charge >= 0.3 is 0 Å². The first-order valence-electron chi connectivity index (χ1n) is 6.94. The minimum Gasteiger partial charge on any atom is -0.385 e. The van der Waals surface area contributed by atoms with Crippen molar-refractivity contribution in [3.05, 3.63) is 71.3 Å². The SMILES string of the molecule is CC1(O)c2ccccc2C(O)(c2ccccc2)C1(C)C. The maximum atomic E-state index is 11.5. The third-order valence-electron chi connectivity index (χ3n) is 5.15. The molecule has 3 rings (SSSR count). The number of rotatable bonds is 1. The molecule has 1 aliphatic carbocycles. The highest BCUT2D eigenvalue weighted by Gasteiger charge is 2.63. The van der Waals surface area contributed by atoms with Crippen molar-refractivity contribution >= 4 is 0 Å². The number of hydrogen-bond donors (Lipinski definition) is 2. The van der Waals surface area contributed by atoms with Crippen LogP contribution in [0.3, 0.4) is 0 Å². The summed E-state index contributed by atoms with van der Waals surface area (Å²) in [7, 11) is 0. The molecule has 0 bridgehead atoms. The zero-order chi connectivity index (χ0) is 14.6. The highest BCUT2D eigenvalue weighted by molar-refractivity contribution is 5.52. The maximum Gasteiger partial charge on any atom is 0.123 e. The second kappa shape index (κ2) is 3.94. The summed E-state index contributed by atoms with van der Waals surface area (Å²) >= 11 is 0. The highest BCUT2D eigenvalue weighted by Crippen LogP contribution is 2.61. The Morgan fingerprint density at radius 2 is 1.20 bits per heavy atom. The van der Waals surface area contributed by atoms with E-state index in [1.54, 1.807) is 6.92 Å². The lowest BCUT2D eigenvalue weighted by Gasteiger charge is -2.44. The van der Waals surface area contributed by atoms with Crippen LogP contribution in [-0.2, 0) is 11.2 Å². The van der Waals surface area contributed by atoms with Gasteiger partial charge in [-0.25, -0.2) is 0 Å². The van der Waals surface area contributed by atoms with Crippen LogP contribution in [0.25, 0.3) is 0 Å². The van der Waals surface area contributed by atoms with Gasteiger partial charge in [0.1, 0.15) is 5.60 Å². The molecule has 2 aromatic carbocycles. The Hall–Kier alpha value is -1.64. The van der Waals surface area contributed by atoms with E-state index in [1.165, 1.54) is 0 Å². The molecule has 2 unspecified atom stereocenters. The van der Waals surface area contributed by atoms with Gasteiger partial charge < -0.3 is 10.2 Å². The molecular weight excluding hydrogens is 248 g/mol. The van der Waals surface area contributed by atoms with Crippen LogP contribution in [0.2, 0.25) is 0 Å². The summed E-state index contributed by atoms with van der Waals surface area (Å²) in [5.41, 5.74) is -0.610. The van der Waals surface area contributed by atoms with E-state index in [0.29, 0.717) is 0 Å². The molecule has 2 heteroatoms. The predicted octanol–water partition coefficient (Wildman–Crippen LogP) is 3.17. The smallest absolute Gasteiger partial charge is 0.123 e. The number of benzene rings is 2. The second-order valence-electron chi connectivity index (χ2n) is 6.32. The fraction of sp³-hybridized carbons (Fsp3) is 0.333. The van der Waals surface area contributed by atoms with Crippen molar-refractivity contribution in [2.45, 2.75) is 32.0 Å². The molecule has 2 atom stereocenters. The van der Waals surface area contributed by atoms with Crippen LogP contribution in [0.15, 0.2) is 54.6 Å². The summed E-state index contributed by atoms with van der Waals surface area (Å²) < 4.78 is 0. The van der Waals surface area contributed by atoms with E-state index in [-0.39, 0.29) is 0 Å². The molecule has 0 amide bonds. The molecule has 20 heavy (non-hydrogen) atoms. The molecule has 0 aliphatic heterocycles. The Morgan fingerprint density at radius 3 is 1.80 bits per heavy atom. The van der Waals surface area contributed by atoms with Gasteiger partial charge in [0, 0.05) is 5.41 Å². The van der Waals surface area contributed by atoms with Crippen molar-refractivity contribution in [3.8, 4) is 0 Å². The standard InChI is InChI=1S/C18H20O2/c1-16(2)17(3,19)14-11-7-8-12-15(14)18(16,20)13-9-5-4-6-10-13/h4-12,19-20H,1-3H3. The van der Waals surface area contributed by atoms with Crippen molar-refractivity contribution in [1.29, 1.82) is 0 Å². The van der Waals surface area contributed by atoms with E-state index in [1.807, 2.05) is 68.4 Å². The fourth-order valence-electron chi connectivity index (χ4n) is 3.44. The minimum atomic E-state index is -1.20. The average molecular weight is 268 g/mol. The first kappa shape index (κ1) is 13.3. The van der Waals surface area contributed by atoms with Crippen LogP contribution >= 0.6 is 0 Å². The van der Waals surface area contributed by atoms with Gasteiger partial charge in [0.2, 0.25) is 0 Å². The average Bonchev–Trinajstić information content (AvgIpc) is 2.58. The van der Waals surface area contributed by atoms with Crippen LogP contribution in [0.5, 0.6) is 0 Å². The molecule has 0 fully saturated rings. The first-order valence-corrected chi connectivity index (χ1v) is 6.94. The summed E-state index contributed by atoms with van der Waals surface area (Å²) in [5.74, 6) is 0. The lowest BCUT2D eigenvalue weighted by Crippen LogP contribution is -2.48. The predicted molar refractivity (Wildman–Crippen MR) is 79.2 cm³/mol. The van der Waals surface area contributed by atoms with E-state index in [0.717, 1.165) is 16.7 Å². The lowest BCUT2D eigenvalue weighted by atomic mass is 9.66. The van der Waals surface area contributed by atoms with Crippen LogP contribution in [0.4, 0.5) is 0 Å². The molecule has 0 saturated carbocycles. The molecule has 2 N–H and O–H groups in total. The summed E-state index contributed by atoms with van der Waals surface area (Å²) in [6, 6.07) is 17.2. The van der Waals surface area contributed by atoms with Gasteiger partial charge in [0.05, 0.1) is 5.60 Å².